The number of nitrogens with zero attached hydrogens (tertiary/aromatic N) is 2. The largest absolute Gasteiger partial charge is 0.353 e. The quantitative estimate of drug-likeness (QED) is 0.710. The number of hydrogen-bond donors (Lipinski definition) is 1. The van der Waals surface area contributed by atoms with Crippen molar-refractivity contribution in [2.75, 3.05) is 19.3 Å². The van der Waals surface area contributed by atoms with Gasteiger partial charge in [0.1, 0.15) is 0 Å². The lowest BCUT2D eigenvalue weighted by Crippen LogP contribution is -2.34. The highest BCUT2D eigenvalue weighted by atomic mass is 32.2. The van der Waals surface area contributed by atoms with E-state index >= 15 is 0 Å². The van der Waals surface area contributed by atoms with Crippen LogP contribution in [0.15, 0.2) is 37.2 Å². The third-order valence-corrected chi connectivity index (χ3v) is 3.83. The first-order valence-electron chi connectivity index (χ1n) is 6.15. The SMILES string of the molecule is C=CCNC(=O)CCN(Cc1cccnc1)S(C)(=O)=O. The van der Waals surface area contributed by atoms with Crippen LogP contribution >= 0.6 is 0 Å². The lowest BCUT2D eigenvalue weighted by molar-refractivity contribution is -0.121. The summed E-state index contributed by atoms with van der Waals surface area (Å²) in [6.07, 6.45) is 6.04. The van der Waals surface area contributed by atoms with Crippen LogP contribution in [0.25, 0.3) is 0 Å². The molecule has 6 nitrogen and oxygen atoms in total. The van der Waals surface area contributed by atoms with Crippen LogP contribution in [0.4, 0.5) is 0 Å². The maximum absolute atomic E-state index is 11.7. The molecule has 0 aliphatic heterocycles. The van der Waals surface area contributed by atoms with Crippen LogP contribution in [-0.2, 0) is 21.4 Å². The zero-order valence-electron chi connectivity index (χ0n) is 11.4. The van der Waals surface area contributed by atoms with E-state index in [4.69, 9.17) is 0 Å². The number of pyridine rings is 1. The van der Waals surface area contributed by atoms with Crippen LogP contribution in [0.2, 0.25) is 0 Å². The lowest BCUT2D eigenvalue weighted by Gasteiger charge is -2.19. The van der Waals surface area contributed by atoms with E-state index in [1.807, 2.05) is 0 Å². The zero-order valence-corrected chi connectivity index (χ0v) is 12.3. The lowest BCUT2D eigenvalue weighted by atomic mass is 10.3. The third-order valence-electron chi connectivity index (χ3n) is 2.58. The fourth-order valence-corrected chi connectivity index (χ4v) is 2.36. The minimum absolute atomic E-state index is 0.112. The monoisotopic (exact) mass is 297 g/mol. The second-order valence-corrected chi connectivity index (χ2v) is 6.28. The van der Waals surface area contributed by atoms with Gasteiger partial charge in [-0.2, -0.15) is 4.31 Å². The molecule has 0 aromatic carbocycles. The summed E-state index contributed by atoms with van der Waals surface area (Å²) in [5.41, 5.74) is 0.782. The molecular formula is C13H19N3O3S. The van der Waals surface area contributed by atoms with Crippen LogP contribution in [0.5, 0.6) is 0 Å². The molecular weight excluding hydrogens is 278 g/mol. The summed E-state index contributed by atoms with van der Waals surface area (Å²) in [7, 11) is -3.37. The first-order valence-corrected chi connectivity index (χ1v) is 8.00. The number of nitrogens with one attached hydrogen (secondary N) is 1. The second kappa shape index (κ2) is 7.76. The van der Waals surface area contributed by atoms with Crippen LogP contribution in [0.3, 0.4) is 0 Å². The van der Waals surface area contributed by atoms with Crippen molar-refractivity contribution >= 4 is 15.9 Å². The van der Waals surface area contributed by atoms with Crippen molar-refractivity contribution in [2.45, 2.75) is 13.0 Å². The number of amides is 1. The van der Waals surface area contributed by atoms with E-state index in [-0.39, 0.29) is 25.4 Å². The third kappa shape index (κ3) is 5.94. The Kier molecular flexibility index (Phi) is 6.33. The Morgan fingerprint density at radius 2 is 2.30 bits per heavy atom. The number of aromatic nitrogens is 1. The first-order chi connectivity index (χ1) is 9.43. The summed E-state index contributed by atoms with van der Waals surface area (Å²) in [5.74, 6) is -0.204. The molecule has 20 heavy (non-hydrogen) atoms. The molecule has 7 heteroatoms. The van der Waals surface area contributed by atoms with E-state index in [0.29, 0.717) is 6.54 Å². The molecule has 0 unspecified atom stereocenters. The predicted octanol–water partition coefficient (Wildman–Crippen LogP) is 0.535. The van der Waals surface area contributed by atoms with Gasteiger partial charge in [-0.1, -0.05) is 12.1 Å². The summed E-state index contributed by atoms with van der Waals surface area (Å²) in [6.45, 7) is 4.22. The van der Waals surface area contributed by atoms with Gasteiger partial charge < -0.3 is 5.32 Å². The van der Waals surface area contributed by atoms with Crippen LogP contribution in [-0.4, -0.2) is 43.0 Å². The van der Waals surface area contributed by atoms with E-state index in [0.717, 1.165) is 11.8 Å². The van der Waals surface area contributed by atoms with E-state index in [2.05, 4.69) is 16.9 Å². The zero-order chi connectivity index (χ0) is 15.0. The summed E-state index contributed by atoms with van der Waals surface area (Å²) >= 11 is 0. The van der Waals surface area contributed by atoms with E-state index in [1.165, 1.54) is 4.31 Å². The fourth-order valence-electron chi connectivity index (χ4n) is 1.56. The molecule has 1 amide bonds. The predicted molar refractivity (Wildman–Crippen MR) is 77.3 cm³/mol. The number of sulfonamides is 1. The van der Waals surface area contributed by atoms with Crippen molar-refractivity contribution in [3.63, 3.8) is 0 Å². The molecule has 1 heterocycles. The van der Waals surface area contributed by atoms with E-state index in [1.54, 1.807) is 30.6 Å². The van der Waals surface area contributed by atoms with Gasteiger partial charge >= 0.3 is 0 Å². The van der Waals surface area contributed by atoms with Crippen molar-refractivity contribution in [1.29, 1.82) is 0 Å². The average Bonchev–Trinajstić information content (AvgIpc) is 2.41. The van der Waals surface area contributed by atoms with Gasteiger partial charge in [-0.05, 0) is 11.6 Å². The summed E-state index contributed by atoms with van der Waals surface area (Å²) < 4.78 is 24.7. The van der Waals surface area contributed by atoms with Gasteiger partial charge in [0.2, 0.25) is 15.9 Å². The van der Waals surface area contributed by atoms with Gasteiger partial charge in [0.05, 0.1) is 6.26 Å². The average molecular weight is 297 g/mol. The highest BCUT2D eigenvalue weighted by Gasteiger charge is 2.18. The maximum Gasteiger partial charge on any atom is 0.221 e. The van der Waals surface area contributed by atoms with Gasteiger partial charge in [0.15, 0.2) is 0 Å². The first kappa shape index (κ1) is 16.3. The van der Waals surface area contributed by atoms with Crippen molar-refractivity contribution in [3.8, 4) is 0 Å². The molecule has 0 saturated heterocycles. The molecule has 1 aromatic heterocycles. The molecule has 1 aromatic rings. The smallest absolute Gasteiger partial charge is 0.221 e. The van der Waals surface area contributed by atoms with Gasteiger partial charge in [0, 0.05) is 38.4 Å². The number of carbonyl (C=O) groups excluding carboxylic acids is 1. The van der Waals surface area contributed by atoms with Gasteiger partial charge in [-0.15, -0.1) is 6.58 Å². The number of carbonyl (C=O) groups is 1. The highest BCUT2D eigenvalue weighted by Crippen LogP contribution is 2.08. The Balaban J connectivity index is 2.62. The molecule has 0 aliphatic rings. The molecule has 0 bridgehead atoms. The Hall–Kier alpha value is -1.73. The van der Waals surface area contributed by atoms with Crippen LogP contribution in [0.1, 0.15) is 12.0 Å². The highest BCUT2D eigenvalue weighted by molar-refractivity contribution is 7.88. The van der Waals surface area contributed by atoms with Gasteiger partial charge in [-0.3, -0.25) is 9.78 Å². The summed E-state index contributed by atoms with van der Waals surface area (Å²) in [6, 6.07) is 3.54. The molecule has 110 valence electrons. The second-order valence-electron chi connectivity index (χ2n) is 4.30. The van der Waals surface area contributed by atoms with Gasteiger partial charge in [0.25, 0.3) is 0 Å². The normalized spacial score (nSPS) is 11.3. The van der Waals surface area contributed by atoms with Crippen molar-refractivity contribution in [3.05, 3.63) is 42.7 Å². The maximum atomic E-state index is 11.7. The Morgan fingerprint density at radius 3 is 2.85 bits per heavy atom. The van der Waals surface area contributed by atoms with Crippen LogP contribution < -0.4 is 5.32 Å². The number of rotatable bonds is 8. The van der Waals surface area contributed by atoms with E-state index < -0.39 is 10.0 Å². The molecule has 0 aliphatic carbocycles. The topological polar surface area (TPSA) is 79.4 Å². The minimum Gasteiger partial charge on any atom is -0.353 e. The Labute approximate surface area is 119 Å². The standard InChI is InChI=1S/C13H19N3O3S/c1-3-7-15-13(17)6-9-16(20(2,18)19)11-12-5-4-8-14-10-12/h3-5,8,10H,1,6-7,9,11H2,2H3,(H,15,17). The molecule has 0 atom stereocenters. The molecule has 0 radical (unpaired) electrons. The number of hydrogen-bond acceptors (Lipinski definition) is 4. The molecule has 0 spiro atoms. The summed E-state index contributed by atoms with van der Waals surface area (Å²) in [4.78, 5) is 15.4. The fraction of sp³-hybridized carbons (Fsp3) is 0.385. The molecule has 1 N–H and O–H groups in total. The minimum atomic E-state index is -3.37. The molecule has 0 fully saturated rings. The molecule has 1 rings (SSSR count). The van der Waals surface area contributed by atoms with Crippen molar-refractivity contribution in [2.24, 2.45) is 0 Å². The van der Waals surface area contributed by atoms with Crippen LogP contribution in [0, 0.1) is 0 Å². The van der Waals surface area contributed by atoms with Gasteiger partial charge in [-0.25, -0.2) is 8.42 Å². The van der Waals surface area contributed by atoms with Crippen molar-refractivity contribution in [1.82, 2.24) is 14.6 Å². The molecule has 0 saturated carbocycles. The Bertz CT molecular complexity index is 543. The Morgan fingerprint density at radius 1 is 1.55 bits per heavy atom. The van der Waals surface area contributed by atoms with E-state index in [9.17, 15) is 13.2 Å². The van der Waals surface area contributed by atoms with Crippen molar-refractivity contribution < 1.29 is 13.2 Å². The summed E-state index contributed by atoms with van der Waals surface area (Å²) in [5, 5.41) is 2.61.